The first-order valence-electron chi connectivity index (χ1n) is 10.7. The van der Waals surface area contributed by atoms with Gasteiger partial charge in [-0.25, -0.2) is 8.42 Å². The van der Waals surface area contributed by atoms with E-state index < -0.39 is 10.0 Å². The maximum atomic E-state index is 13.1. The second kappa shape index (κ2) is 10.0. The maximum absolute atomic E-state index is 13.1. The molecule has 0 spiro atoms. The number of nitriles is 1. The molecule has 1 heterocycles. The van der Waals surface area contributed by atoms with Gasteiger partial charge in [-0.3, -0.25) is 4.72 Å². The van der Waals surface area contributed by atoms with E-state index in [1.54, 1.807) is 37.4 Å². The van der Waals surface area contributed by atoms with Gasteiger partial charge in [0.2, 0.25) is 0 Å². The summed E-state index contributed by atoms with van der Waals surface area (Å²) in [6.45, 7) is 0.433. The summed E-state index contributed by atoms with van der Waals surface area (Å²) in [5.41, 5.74) is 1.36. The fourth-order valence-electron chi connectivity index (χ4n) is 3.76. The van der Waals surface area contributed by atoms with Crippen molar-refractivity contribution in [1.29, 1.82) is 5.26 Å². The molecule has 0 bridgehead atoms. The third kappa shape index (κ3) is 5.15. The van der Waals surface area contributed by atoms with Crippen molar-refractivity contribution in [3.63, 3.8) is 0 Å². The van der Waals surface area contributed by atoms with E-state index in [0.717, 1.165) is 5.56 Å². The first-order valence-corrected chi connectivity index (χ1v) is 12.6. The molecule has 4 rings (SSSR count). The average molecular weight is 514 g/mol. The van der Waals surface area contributed by atoms with Crippen molar-refractivity contribution >= 4 is 27.3 Å². The minimum Gasteiger partial charge on any atom is -0.496 e. The number of ether oxygens (including phenoxy) is 3. The van der Waals surface area contributed by atoms with Crippen LogP contribution in [0.25, 0.3) is 0 Å². The average Bonchev–Trinajstić information content (AvgIpc) is 2.84. The molecular formula is C25H24ClN3O5S. The van der Waals surface area contributed by atoms with Gasteiger partial charge >= 0.3 is 0 Å². The Hall–Kier alpha value is -3.45. The maximum Gasteiger partial charge on any atom is 0.262 e. The molecule has 1 N–H and O–H groups in total. The summed E-state index contributed by atoms with van der Waals surface area (Å²) >= 11 is 6.04. The first-order chi connectivity index (χ1) is 16.7. The Kier molecular flexibility index (Phi) is 7.08. The predicted octanol–water partition coefficient (Wildman–Crippen LogP) is 4.68. The summed E-state index contributed by atoms with van der Waals surface area (Å²) in [5.74, 6) is 1.76. The molecule has 10 heteroatoms. The number of rotatable bonds is 7. The Morgan fingerprint density at radius 1 is 1.11 bits per heavy atom. The van der Waals surface area contributed by atoms with Gasteiger partial charge in [0.25, 0.3) is 10.0 Å². The molecule has 8 nitrogen and oxygen atoms in total. The zero-order valence-corrected chi connectivity index (χ0v) is 21.0. The lowest BCUT2D eigenvalue weighted by molar-refractivity contribution is 0.164. The molecule has 1 aliphatic heterocycles. The SMILES string of the molecule is COc1ccc(NS(=O)(=O)c2ccc(Oc3cccc(Cl)c3C#N)cc2)c2c1C[C@@H](N(C)C)CO2. The van der Waals surface area contributed by atoms with Crippen LogP contribution < -0.4 is 18.9 Å². The molecule has 182 valence electrons. The molecular weight excluding hydrogens is 490 g/mol. The number of sulfonamides is 1. The number of halogens is 1. The van der Waals surface area contributed by atoms with Gasteiger partial charge in [-0.15, -0.1) is 0 Å². The quantitative estimate of drug-likeness (QED) is 0.489. The van der Waals surface area contributed by atoms with E-state index >= 15 is 0 Å². The molecule has 0 saturated heterocycles. The van der Waals surface area contributed by atoms with E-state index in [2.05, 4.69) is 9.62 Å². The number of nitrogens with one attached hydrogen (secondary N) is 1. The van der Waals surface area contributed by atoms with Crippen molar-refractivity contribution in [3.8, 4) is 29.1 Å². The summed E-state index contributed by atoms with van der Waals surface area (Å²) in [6, 6.07) is 16.3. The number of nitrogens with zero attached hydrogens (tertiary/aromatic N) is 2. The van der Waals surface area contributed by atoms with Crippen LogP contribution in [0, 0.1) is 11.3 Å². The number of anilines is 1. The molecule has 0 amide bonds. The van der Waals surface area contributed by atoms with Gasteiger partial charge in [0.05, 0.1) is 22.7 Å². The Balaban J connectivity index is 1.57. The van der Waals surface area contributed by atoms with Gasteiger partial charge in [0, 0.05) is 11.6 Å². The van der Waals surface area contributed by atoms with Gasteiger partial charge < -0.3 is 19.1 Å². The summed E-state index contributed by atoms with van der Waals surface area (Å²) in [6.07, 6.45) is 0.668. The van der Waals surface area contributed by atoms with Crippen LogP contribution in [0.5, 0.6) is 23.0 Å². The van der Waals surface area contributed by atoms with Crippen LogP contribution in [-0.4, -0.2) is 47.2 Å². The summed E-state index contributed by atoms with van der Waals surface area (Å²) in [4.78, 5) is 2.11. The lowest BCUT2D eigenvalue weighted by Crippen LogP contribution is -2.38. The Morgan fingerprint density at radius 3 is 2.51 bits per heavy atom. The summed E-state index contributed by atoms with van der Waals surface area (Å²) in [5, 5.41) is 9.58. The highest BCUT2D eigenvalue weighted by molar-refractivity contribution is 7.92. The number of hydrogen-bond donors (Lipinski definition) is 1. The Labute approximate surface area is 209 Å². The van der Waals surface area contributed by atoms with Crippen molar-refractivity contribution < 1.29 is 22.6 Å². The molecule has 3 aromatic carbocycles. The van der Waals surface area contributed by atoms with Gasteiger partial charge in [0.15, 0.2) is 0 Å². The van der Waals surface area contributed by atoms with Gasteiger partial charge in [-0.1, -0.05) is 17.7 Å². The molecule has 1 atom stereocenters. The normalized spacial score (nSPS) is 15.0. The molecule has 0 fully saturated rings. The largest absolute Gasteiger partial charge is 0.496 e. The monoisotopic (exact) mass is 513 g/mol. The standard InChI is InChI=1S/C25H24ClN3O5S/c1-29(2)16-13-19-23(32-3)12-11-22(25(19)33-15-16)28-35(30,31)18-9-7-17(8-10-18)34-24-6-4-5-21(26)20(24)14-27/h4-12,16,28H,13,15H2,1-3H3/t16-/m1/s1. The zero-order valence-electron chi connectivity index (χ0n) is 19.4. The van der Waals surface area contributed by atoms with E-state index in [-0.39, 0.29) is 27.3 Å². The third-order valence-electron chi connectivity index (χ3n) is 5.72. The van der Waals surface area contributed by atoms with Crippen LogP contribution in [0.4, 0.5) is 5.69 Å². The third-order valence-corrected chi connectivity index (χ3v) is 7.42. The molecule has 35 heavy (non-hydrogen) atoms. The second-order valence-electron chi connectivity index (χ2n) is 8.16. The lowest BCUT2D eigenvalue weighted by atomic mass is 10.00. The highest BCUT2D eigenvalue weighted by Gasteiger charge is 2.28. The number of fused-ring (bicyclic) bond motifs is 1. The molecule has 0 radical (unpaired) electrons. The molecule has 0 unspecified atom stereocenters. The van der Waals surface area contributed by atoms with Crippen molar-refractivity contribution in [1.82, 2.24) is 4.90 Å². The van der Waals surface area contributed by atoms with E-state index in [4.69, 9.17) is 25.8 Å². The first kappa shape index (κ1) is 24.7. The zero-order chi connectivity index (χ0) is 25.2. The smallest absolute Gasteiger partial charge is 0.262 e. The van der Waals surface area contributed by atoms with Crippen LogP contribution >= 0.6 is 11.6 Å². The highest BCUT2D eigenvalue weighted by Crippen LogP contribution is 2.41. The second-order valence-corrected chi connectivity index (χ2v) is 10.2. The number of hydrogen-bond acceptors (Lipinski definition) is 7. The van der Waals surface area contributed by atoms with Crippen LogP contribution in [0.15, 0.2) is 59.5 Å². The predicted molar refractivity (Wildman–Crippen MR) is 133 cm³/mol. The van der Waals surface area contributed by atoms with Crippen LogP contribution in [-0.2, 0) is 16.4 Å². The fourth-order valence-corrected chi connectivity index (χ4v) is 5.03. The van der Waals surface area contributed by atoms with Gasteiger partial charge in [-0.2, -0.15) is 5.26 Å². The summed E-state index contributed by atoms with van der Waals surface area (Å²) in [7, 11) is 1.60. The number of methoxy groups -OCH3 is 1. The van der Waals surface area contributed by atoms with E-state index in [0.29, 0.717) is 36.0 Å². The summed E-state index contributed by atoms with van der Waals surface area (Å²) < 4.78 is 46.1. The minimum atomic E-state index is -3.92. The van der Waals surface area contributed by atoms with E-state index in [1.165, 1.54) is 24.3 Å². The van der Waals surface area contributed by atoms with Crippen LogP contribution in [0.3, 0.4) is 0 Å². The molecule has 1 aliphatic rings. The Bertz CT molecular complexity index is 1390. The molecule has 3 aromatic rings. The van der Waals surface area contributed by atoms with Crippen molar-refractivity contribution in [3.05, 3.63) is 70.7 Å². The van der Waals surface area contributed by atoms with E-state index in [1.807, 2.05) is 20.2 Å². The van der Waals surface area contributed by atoms with Crippen molar-refractivity contribution in [2.75, 3.05) is 32.5 Å². The van der Waals surface area contributed by atoms with Gasteiger partial charge in [0.1, 0.15) is 41.2 Å². The fraction of sp³-hybridized carbons (Fsp3) is 0.240. The van der Waals surface area contributed by atoms with Gasteiger partial charge in [-0.05, 0) is 69.0 Å². The molecule has 0 saturated carbocycles. The highest BCUT2D eigenvalue weighted by atomic mass is 35.5. The van der Waals surface area contributed by atoms with Crippen molar-refractivity contribution in [2.24, 2.45) is 0 Å². The van der Waals surface area contributed by atoms with Crippen LogP contribution in [0.1, 0.15) is 11.1 Å². The molecule has 0 aromatic heterocycles. The topological polar surface area (TPSA) is 101 Å². The number of likely N-dealkylation sites (N-methyl/N-ethyl adjacent to an activating group) is 1. The van der Waals surface area contributed by atoms with Crippen molar-refractivity contribution in [2.45, 2.75) is 17.4 Å². The minimum absolute atomic E-state index is 0.0444. The molecule has 0 aliphatic carbocycles. The Morgan fingerprint density at radius 2 is 1.86 bits per heavy atom. The van der Waals surface area contributed by atoms with Crippen LogP contribution in [0.2, 0.25) is 5.02 Å². The lowest BCUT2D eigenvalue weighted by Gasteiger charge is -2.32. The van der Waals surface area contributed by atoms with E-state index in [9.17, 15) is 13.7 Å². The number of benzene rings is 3.